The smallest absolute Gasteiger partial charge is 0.128 e. The monoisotopic (exact) mass is 179 g/mol. The zero-order valence-corrected chi connectivity index (χ0v) is 8.70. The predicted octanol–water partition coefficient (Wildman–Crippen LogP) is 1.34. The quantitative estimate of drug-likeness (QED) is 0.745. The first-order valence-corrected chi connectivity index (χ1v) is 4.34. The van der Waals surface area contributed by atoms with Crippen molar-refractivity contribution in [1.29, 1.82) is 0 Å². The van der Waals surface area contributed by atoms with Crippen LogP contribution < -0.4 is 10.6 Å². The number of hydrogen-bond acceptors (Lipinski definition) is 3. The summed E-state index contributed by atoms with van der Waals surface area (Å²) in [5.74, 6) is 0.941. The van der Waals surface area contributed by atoms with Crippen molar-refractivity contribution in [3.63, 3.8) is 0 Å². The van der Waals surface area contributed by atoms with Crippen molar-refractivity contribution >= 4 is 5.82 Å². The first kappa shape index (κ1) is 9.99. The molecule has 0 fully saturated rings. The fourth-order valence-electron chi connectivity index (χ4n) is 1.06. The number of anilines is 1. The Balaban J connectivity index is 3.06. The standard InChI is InChI=1S/C10H17N3/c1-10(2,11)8-5-6-12-9(7-8)13(3)4/h5-7H,11H2,1-4H3. The average Bonchev–Trinajstić information content (AvgIpc) is 2.03. The van der Waals surface area contributed by atoms with E-state index in [0.29, 0.717) is 0 Å². The number of rotatable bonds is 2. The second-order valence-electron chi connectivity index (χ2n) is 4.02. The summed E-state index contributed by atoms with van der Waals surface area (Å²) < 4.78 is 0. The lowest BCUT2D eigenvalue weighted by Crippen LogP contribution is -2.29. The Morgan fingerprint density at radius 3 is 2.46 bits per heavy atom. The molecule has 0 saturated heterocycles. The van der Waals surface area contributed by atoms with E-state index in [2.05, 4.69) is 4.98 Å². The highest BCUT2D eigenvalue weighted by molar-refractivity contribution is 5.40. The fraction of sp³-hybridized carbons (Fsp3) is 0.500. The molecule has 72 valence electrons. The van der Waals surface area contributed by atoms with Crippen LogP contribution in [0.25, 0.3) is 0 Å². The molecule has 1 aromatic heterocycles. The highest BCUT2D eigenvalue weighted by Crippen LogP contribution is 2.19. The largest absolute Gasteiger partial charge is 0.363 e. The Morgan fingerprint density at radius 2 is 2.00 bits per heavy atom. The molecule has 3 heteroatoms. The molecule has 0 amide bonds. The molecule has 3 nitrogen and oxygen atoms in total. The van der Waals surface area contributed by atoms with Crippen LogP contribution in [-0.2, 0) is 5.54 Å². The number of aromatic nitrogens is 1. The van der Waals surface area contributed by atoms with E-state index in [4.69, 9.17) is 5.73 Å². The van der Waals surface area contributed by atoms with Crippen LogP contribution in [0.15, 0.2) is 18.3 Å². The van der Waals surface area contributed by atoms with Gasteiger partial charge in [0.1, 0.15) is 5.82 Å². The summed E-state index contributed by atoms with van der Waals surface area (Å²) in [6.45, 7) is 3.98. The molecule has 0 radical (unpaired) electrons. The van der Waals surface area contributed by atoms with Gasteiger partial charge >= 0.3 is 0 Å². The van der Waals surface area contributed by atoms with E-state index in [9.17, 15) is 0 Å². The van der Waals surface area contributed by atoms with E-state index >= 15 is 0 Å². The molecule has 0 saturated carbocycles. The molecule has 0 aliphatic rings. The van der Waals surface area contributed by atoms with E-state index in [1.54, 1.807) is 6.20 Å². The lowest BCUT2D eigenvalue weighted by atomic mass is 9.97. The molecule has 0 aliphatic heterocycles. The maximum atomic E-state index is 5.98. The Kier molecular flexibility index (Phi) is 2.57. The summed E-state index contributed by atoms with van der Waals surface area (Å²) in [7, 11) is 3.94. The van der Waals surface area contributed by atoms with E-state index in [0.717, 1.165) is 11.4 Å². The third-order valence-electron chi connectivity index (χ3n) is 1.95. The van der Waals surface area contributed by atoms with Crippen molar-refractivity contribution in [2.45, 2.75) is 19.4 Å². The summed E-state index contributed by atoms with van der Waals surface area (Å²) >= 11 is 0. The van der Waals surface area contributed by atoms with Crippen LogP contribution in [0.1, 0.15) is 19.4 Å². The van der Waals surface area contributed by atoms with E-state index in [1.165, 1.54) is 0 Å². The number of nitrogens with zero attached hydrogens (tertiary/aromatic N) is 2. The van der Waals surface area contributed by atoms with Gasteiger partial charge in [0.25, 0.3) is 0 Å². The third kappa shape index (κ3) is 2.42. The van der Waals surface area contributed by atoms with Gasteiger partial charge in [0.15, 0.2) is 0 Å². The molecular weight excluding hydrogens is 162 g/mol. The van der Waals surface area contributed by atoms with Gasteiger partial charge in [0.05, 0.1) is 0 Å². The molecule has 2 N–H and O–H groups in total. The zero-order chi connectivity index (χ0) is 10.1. The van der Waals surface area contributed by atoms with Gasteiger partial charge < -0.3 is 10.6 Å². The van der Waals surface area contributed by atoms with Crippen LogP contribution in [0.2, 0.25) is 0 Å². The van der Waals surface area contributed by atoms with Gasteiger partial charge in [-0.25, -0.2) is 4.98 Å². The van der Waals surface area contributed by atoms with E-state index in [1.807, 2.05) is 45.0 Å². The Bertz CT molecular complexity index is 286. The summed E-state index contributed by atoms with van der Waals surface area (Å²) in [6.07, 6.45) is 1.79. The molecule has 1 aromatic rings. The van der Waals surface area contributed by atoms with Crippen LogP contribution in [0.5, 0.6) is 0 Å². The minimum absolute atomic E-state index is 0.298. The van der Waals surface area contributed by atoms with Crippen LogP contribution >= 0.6 is 0 Å². The Morgan fingerprint density at radius 1 is 1.38 bits per heavy atom. The van der Waals surface area contributed by atoms with Crippen molar-refractivity contribution in [2.24, 2.45) is 5.73 Å². The van der Waals surface area contributed by atoms with Crippen LogP contribution in [-0.4, -0.2) is 19.1 Å². The van der Waals surface area contributed by atoms with E-state index in [-0.39, 0.29) is 5.54 Å². The number of pyridine rings is 1. The van der Waals surface area contributed by atoms with Crippen molar-refractivity contribution in [3.8, 4) is 0 Å². The van der Waals surface area contributed by atoms with Gasteiger partial charge in [0.2, 0.25) is 0 Å². The van der Waals surface area contributed by atoms with Gasteiger partial charge in [-0.05, 0) is 31.5 Å². The van der Waals surface area contributed by atoms with Crippen molar-refractivity contribution in [2.75, 3.05) is 19.0 Å². The van der Waals surface area contributed by atoms with Gasteiger partial charge in [0, 0.05) is 25.8 Å². The minimum Gasteiger partial charge on any atom is -0.363 e. The first-order chi connectivity index (χ1) is 5.91. The molecule has 13 heavy (non-hydrogen) atoms. The number of hydrogen-bond donors (Lipinski definition) is 1. The van der Waals surface area contributed by atoms with Gasteiger partial charge in [-0.2, -0.15) is 0 Å². The predicted molar refractivity (Wildman–Crippen MR) is 55.8 cm³/mol. The third-order valence-corrected chi connectivity index (χ3v) is 1.95. The number of nitrogens with two attached hydrogens (primary N) is 1. The molecule has 0 atom stereocenters. The van der Waals surface area contributed by atoms with Gasteiger partial charge in [-0.3, -0.25) is 0 Å². The molecule has 0 bridgehead atoms. The maximum Gasteiger partial charge on any atom is 0.128 e. The molecule has 1 rings (SSSR count). The highest BCUT2D eigenvalue weighted by atomic mass is 15.1. The molecular formula is C10H17N3. The van der Waals surface area contributed by atoms with Crippen LogP contribution in [0, 0.1) is 0 Å². The summed E-state index contributed by atoms with van der Waals surface area (Å²) in [6, 6.07) is 3.97. The van der Waals surface area contributed by atoms with Gasteiger partial charge in [-0.15, -0.1) is 0 Å². The fourth-order valence-corrected chi connectivity index (χ4v) is 1.06. The second kappa shape index (κ2) is 3.34. The van der Waals surface area contributed by atoms with Crippen molar-refractivity contribution in [3.05, 3.63) is 23.9 Å². The van der Waals surface area contributed by atoms with Crippen LogP contribution in [0.4, 0.5) is 5.82 Å². The zero-order valence-electron chi connectivity index (χ0n) is 8.70. The second-order valence-corrected chi connectivity index (χ2v) is 4.02. The first-order valence-electron chi connectivity index (χ1n) is 4.34. The molecule has 0 unspecified atom stereocenters. The Labute approximate surface area is 79.6 Å². The SMILES string of the molecule is CN(C)c1cc(C(C)(C)N)ccn1. The lowest BCUT2D eigenvalue weighted by molar-refractivity contribution is 0.553. The normalized spacial score (nSPS) is 11.5. The molecule has 0 aliphatic carbocycles. The lowest BCUT2D eigenvalue weighted by Gasteiger charge is -2.21. The van der Waals surface area contributed by atoms with Gasteiger partial charge in [-0.1, -0.05) is 0 Å². The van der Waals surface area contributed by atoms with Crippen LogP contribution in [0.3, 0.4) is 0 Å². The highest BCUT2D eigenvalue weighted by Gasteiger charge is 2.14. The molecule has 0 spiro atoms. The molecule has 1 heterocycles. The van der Waals surface area contributed by atoms with Crippen molar-refractivity contribution < 1.29 is 0 Å². The minimum atomic E-state index is -0.298. The topological polar surface area (TPSA) is 42.1 Å². The summed E-state index contributed by atoms with van der Waals surface area (Å²) in [5, 5.41) is 0. The Hall–Kier alpha value is -1.09. The summed E-state index contributed by atoms with van der Waals surface area (Å²) in [4.78, 5) is 6.19. The van der Waals surface area contributed by atoms with E-state index < -0.39 is 0 Å². The maximum absolute atomic E-state index is 5.98. The average molecular weight is 179 g/mol. The van der Waals surface area contributed by atoms with Crippen molar-refractivity contribution in [1.82, 2.24) is 4.98 Å². The summed E-state index contributed by atoms with van der Waals surface area (Å²) in [5.41, 5.74) is 6.78. The molecule has 0 aromatic carbocycles.